The van der Waals surface area contributed by atoms with Crippen molar-refractivity contribution in [1.29, 1.82) is 0 Å². The van der Waals surface area contributed by atoms with Gasteiger partial charge >= 0.3 is 18.2 Å². The predicted molar refractivity (Wildman–Crippen MR) is 175 cm³/mol. The average molecular weight is 678 g/mol. The van der Waals surface area contributed by atoms with Crippen molar-refractivity contribution >= 4 is 41.1 Å². The van der Waals surface area contributed by atoms with Crippen LogP contribution in [0.15, 0.2) is 77.3 Å². The summed E-state index contributed by atoms with van der Waals surface area (Å²) >= 11 is 0. The number of carbonyl (C=O) groups is 3. The van der Waals surface area contributed by atoms with Crippen LogP contribution in [-0.4, -0.2) is 79.2 Å². The maximum atomic E-state index is 13.9. The summed E-state index contributed by atoms with van der Waals surface area (Å²) in [7, 11) is 1.27. The van der Waals surface area contributed by atoms with Gasteiger partial charge in [-0.3, -0.25) is 4.79 Å². The Hall–Kier alpha value is -5.60. The first-order valence-corrected chi connectivity index (χ1v) is 15.7. The van der Waals surface area contributed by atoms with Crippen molar-refractivity contribution in [2.75, 3.05) is 66.8 Å². The molecule has 0 unspecified atom stereocenters. The molecule has 0 radical (unpaired) electrons. The number of piperidine rings is 1. The second kappa shape index (κ2) is 14.3. The van der Waals surface area contributed by atoms with Crippen molar-refractivity contribution in [1.82, 2.24) is 14.9 Å². The predicted octanol–water partition coefficient (Wildman–Crippen LogP) is 5.87. The number of esters is 1. The van der Waals surface area contributed by atoms with E-state index in [-0.39, 0.29) is 29.2 Å². The van der Waals surface area contributed by atoms with Gasteiger partial charge in [0, 0.05) is 39.3 Å². The number of anilines is 4. The quantitative estimate of drug-likeness (QED) is 0.231. The number of oxazole rings is 1. The highest BCUT2D eigenvalue weighted by molar-refractivity contribution is 6.03. The van der Waals surface area contributed by atoms with Crippen molar-refractivity contribution in [3.8, 4) is 0 Å². The molecule has 3 amide bonds. The SMILES string of the molecule is COC(=O)c1ccccc1NC(=O)N1CCN(c2ccc(NC(=O)c3oc(N4CCC(c5ccccc5)CC4)nc3C(F)(F)F)cn2)CC1. The standard InChI is InChI=1S/C34H34F3N7O5/c1-48-31(46)25-9-5-6-10-26(25)40-32(47)43-19-17-42(18-20-43)27-12-11-24(21-38-27)39-30(45)28-29(34(35,36)37)41-33(49-28)44-15-13-23(14-16-44)22-7-3-2-4-8-22/h2-12,21,23H,13-20H2,1H3,(H,39,45)(H,40,47). The molecule has 4 aromatic rings. The third kappa shape index (κ3) is 7.60. The van der Waals surface area contributed by atoms with E-state index >= 15 is 0 Å². The Morgan fingerprint density at radius 3 is 2.20 bits per heavy atom. The van der Waals surface area contributed by atoms with E-state index in [1.165, 1.54) is 24.9 Å². The number of para-hydroxylation sites is 1. The smallest absolute Gasteiger partial charge is 0.437 e. The molecular weight excluding hydrogens is 643 g/mol. The zero-order valence-corrected chi connectivity index (χ0v) is 26.6. The van der Waals surface area contributed by atoms with E-state index in [2.05, 4.69) is 20.6 Å². The van der Waals surface area contributed by atoms with E-state index in [1.807, 2.05) is 35.2 Å². The van der Waals surface area contributed by atoms with Crippen LogP contribution in [-0.2, 0) is 10.9 Å². The lowest BCUT2D eigenvalue weighted by Crippen LogP contribution is -2.50. The average Bonchev–Trinajstić information content (AvgIpc) is 3.60. The first-order valence-electron chi connectivity index (χ1n) is 15.7. The third-order valence-corrected chi connectivity index (χ3v) is 8.60. The number of carbonyl (C=O) groups excluding carboxylic acids is 3. The molecule has 0 bridgehead atoms. The van der Waals surface area contributed by atoms with Gasteiger partial charge < -0.3 is 34.5 Å². The number of halogens is 3. The number of hydrogen-bond acceptors (Lipinski definition) is 9. The van der Waals surface area contributed by atoms with Crippen LogP contribution in [0.3, 0.4) is 0 Å². The fraction of sp³-hybridized carbons (Fsp3) is 0.324. The number of pyridine rings is 1. The molecule has 2 aliphatic heterocycles. The number of alkyl halides is 3. The number of methoxy groups -OCH3 is 1. The molecule has 15 heteroatoms. The van der Waals surface area contributed by atoms with Crippen molar-refractivity contribution in [3.63, 3.8) is 0 Å². The second-order valence-corrected chi connectivity index (χ2v) is 11.6. The van der Waals surface area contributed by atoms with E-state index < -0.39 is 29.5 Å². The van der Waals surface area contributed by atoms with Crippen LogP contribution in [0, 0.1) is 0 Å². The van der Waals surface area contributed by atoms with Crippen LogP contribution >= 0.6 is 0 Å². The number of benzene rings is 2. The minimum absolute atomic E-state index is 0.172. The van der Waals surface area contributed by atoms with Gasteiger partial charge in [0.15, 0.2) is 5.69 Å². The second-order valence-electron chi connectivity index (χ2n) is 11.6. The molecule has 2 N–H and O–H groups in total. The molecule has 256 valence electrons. The van der Waals surface area contributed by atoms with Gasteiger partial charge in [0.05, 0.1) is 30.2 Å². The van der Waals surface area contributed by atoms with Gasteiger partial charge in [-0.2, -0.15) is 18.2 Å². The van der Waals surface area contributed by atoms with Gasteiger partial charge in [-0.05, 0) is 48.6 Å². The summed E-state index contributed by atoms with van der Waals surface area (Å²) in [5.41, 5.74) is 0.547. The molecule has 2 aliphatic rings. The Morgan fingerprint density at radius 2 is 1.55 bits per heavy atom. The minimum atomic E-state index is -4.90. The summed E-state index contributed by atoms with van der Waals surface area (Å²) in [6.07, 6.45) is -2.14. The van der Waals surface area contributed by atoms with E-state index in [9.17, 15) is 27.6 Å². The van der Waals surface area contributed by atoms with Crippen molar-refractivity contribution < 1.29 is 36.7 Å². The fourth-order valence-corrected chi connectivity index (χ4v) is 5.97. The number of urea groups is 1. The molecule has 6 rings (SSSR count). The van der Waals surface area contributed by atoms with Crippen molar-refractivity contribution in [3.05, 3.63) is 95.5 Å². The summed E-state index contributed by atoms with van der Waals surface area (Å²) in [6.45, 7) is 2.50. The number of amides is 3. The monoisotopic (exact) mass is 677 g/mol. The number of hydrogen-bond donors (Lipinski definition) is 2. The molecule has 2 aromatic heterocycles. The topological polar surface area (TPSA) is 133 Å². The Morgan fingerprint density at radius 1 is 0.857 bits per heavy atom. The molecule has 49 heavy (non-hydrogen) atoms. The fourth-order valence-electron chi connectivity index (χ4n) is 5.97. The Bertz CT molecular complexity index is 1780. The van der Waals surface area contributed by atoms with Crippen molar-refractivity contribution in [2.45, 2.75) is 24.9 Å². The number of ether oxygens (including phenoxy) is 1. The summed E-state index contributed by atoms with van der Waals surface area (Å²) in [5.74, 6) is -1.73. The minimum Gasteiger partial charge on any atom is -0.465 e. The number of nitrogens with zero attached hydrogens (tertiary/aromatic N) is 5. The molecule has 4 heterocycles. The van der Waals surface area contributed by atoms with Crippen LogP contribution < -0.4 is 20.4 Å². The number of nitrogens with one attached hydrogen (secondary N) is 2. The molecule has 0 atom stereocenters. The van der Waals surface area contributed by atoms with Crippen LogP contribution in [0.25, 0.3) is 0 Å². The lowest BCUT2D eigenvalue weighted by Gasteiger charge is -2.35. The first-order chi connectivity index (χ1) is 23.6. The van der Waals surface area contributed by atoms with Gasteiger partial charge in [0.25, 0.3) is 11.9 Å². The molecule has 0 aliphatic carbocycles. The summed E-state index contributed by atoms with van der Waals surface area (Å²) in [4.78, 5) is 51.2. The maximum absolute atomic E-state index is 13.9. The van der Waals surface area contributed by atoms with Gasteiger partial charge in [-0.25, -0.2) is 14.6 Å². The Labute approximate surface area is 279 Å². The van der Waals surface area contributed by atoms with E-state index in [1.54, 1.807) is 40.1 Å². The van der Waals surface area contributed by atoms with Crippen LogP contribution in [0.2, 0.25) is 0 Å². The first kappa shape index (κ1) is 33.3. The molecule has 2 fully saturated rings. The van der Waals surface area contributed by atoms with Gasteiger partial charge in [0.2, 0.25) is 5.76 Å². The van der Waals surface area contributed by atoms with Crippen LogP contribution in [0.4, 0.5) is 41.2 Å². The lowest BCUT2D eigenvalue weighted by molar-refractivity contribution is -0.141. The lowest BCUT2D eigenvalue weighted by atomic mass is 9.90. The maximum Gasteiger partial charge on any atom is 0.437 e. The largest absolute Gasteiger partial charge is 0.465 e. The molecule has 0 spiro atoms. The molecule has 2 aromatic carbocycles. The van der Waals surface area contributed by atoms with Gasteiger partial charge in [0.1, 0.15) is 5.82 Å². The normalized spacial score (nSPS) is 15.6. The highest BCUT2D eigenvalue weighted by Crippen LogP contribution is 2.36. The summed E-state index contributed by atoms with van der Waals surface area (Å²) in [5, 5.41) is 5.20. The number of rotatable bonds is 7. The van der Waals surface area contributed by atoms with E-state index in [0.29, 0.717) is 63.6 Å². The van der Waals surface area contributed by atoms with Crippen LogP contribution in [0.1, 0.15) is 50.9 Å². The highest BCUT2D eigenvalue weighted by atomic mass is 19.4. The molecule has 0 saturated carbocycles. The number of aromatic nitrogens is 2. The number of piperazine rings is 1. The Balaban J connectivity index is 1.05. The molecule has 2 saturated heterocycles. The van der Waals surface area contributed by atoms with E-state index in [0.717, 1.165) is 0 Å². The van der Waals surface area contributed by atoms with Crippen molar-refractivity contribution in [2.24, 2.45) is 0 Å². The zero-order chi connectivity index (χ0) is 34.5. The van der Waals surface area contributed by atoms with Gasteiger partial charge in [-0.1, -0.05) is 42.5 Å². The highest BCUT2D eigenvalue weighted by Gasteiger charge is 2.42. The third-order valence-electron chi connectivity index (χ3n) is 8.60. The zero-order valence-electron chi connectivity index (χ0n) is 26.6. The summed E-state index contributed by atoms with van der Waals surface area (Å²) < 4.78 is 52.0. The Kier molecular flexibility index (Phi) is 9.69. The summed E-state index contributed by atoms with van der Waals surface area (Å²) in [6, 6.07) is 19.0. The van der Waals surface area contributed by atoms with Gasteiger partial charge in [-0.15, -0.1) is 0 Å². The molecular formula is C34H34F3N7O5. The molecule has 12 nitrogen and oxygen atoms in total. The van der Waals surface area contributed by atoms with Crippen LogP contribution in [0.5, 0.6) is 0 Å². The van der Waals surface area contributed by atoms with E-state index in [4.69, 9.17) is 9.15 Å².